The Labute approximate surface area is 179 Å². The van der Waals surface area contributed by atoms with Crippen molar-refractivity contribution in [2.75, 3.05) is 33.3 Å². The van der Waals surface area contributed by atoms with Crippen LogP contribution in [-0.2, 0) is 11.3 Å². The van der Waals surface area contributed by atoms with Gasteiger partial charge in [0.05, 0.1) is 6.10 Å². The molecule has 0 aliphatic carbocycles. The van der Waals surface area contributed by atoms with Gasteiger partial charge in [-0.15, -0.1) is 24.0 Å². The summed E-state index contributed by atoms with van der Waals surface area (Å²) in [6, 6.07) is 7.88. The zero-order valence-electron chi connectivity index (χ0n) is 16.1. The maximum Gasteiger partial charge on any atom is 0.253 e. The summed E-state index contributed by atoms with van der Waals surface area (Å²) in [5, 5.41) is 6.62. The Bertz CT molecular complexity index is 609. The van der Waals surface area contributed by atoms with Crippen molar-refractivity contribution in [2.45, 2.75) is 44.8 Å². The molecule has 1 aromatic carbocycles. The normalized spacial score (nSPS) is 20.1. The number of aliphatic imine (C=N–C) groups is 1. The van der Waals surface area contributed by atoms with E-state index in [9.17, 15) is 4.79 Å². The first-order valence-corrected chi connectivity index (χ1v) is 9.70. The van der Waals surface area contributed by atoms with E-state index in [0.29, 0.717) is 6.54 Å². The van der Waals surface area contributed by atoms with Crippen LogP contribution >= 0.6 is 24.0 Å². The minimum absolute atomic E-state index is 0. The van der Waals surface area contributed by atoms with E-state index < -0.39 is 0 Å². The number of rotatable bonds is 5. The molecule has 0 bridgehead atoms. The molecule has 27 heavy (non-hydrogen) atoms. The molecular weight excluding hydrogens is 455 g/mol. The predicted molar refractivity (Wildman–Crippen MR) is 119 cm³/mol. The van der Waals surface area contributed by atoms with Crippen molar-refractivity contribution >= 4 is 35.8 Å². The van der Waals surface area contributed by atoms with Gasteiger partial charge in [-0.3, -0.25) is 9.79 Å². The molecule has 7 heteroatoms. The third-order valence-electron chi connectivity index (χ3n) is 5.05. The Morgan fingerprint density at radius 1 is 1.15 bits per heavy atom. The lowest BCUT2D eigenvalue weighted by molar-refractivity contribution is 0.0724. The van der Waals surface area contributed by atoms with Crippen LogP contribution in [0.15, 0.2) is 29.3 Å². The first kappa shape index (κ1) is 21.9. The summed E-state index contributed by atoms with van der Waals surface area (Å²) in [5.74, 6) is 0.923. The summed E-state index contributed by atoms with van der Waals surface area (Å²) >= 11 is 0. The fourth-order valence-electron chi connectivity index (χ4n) is 3.47. The number of hydrogen-bond acceptors (Lipinski definition) is 3. The van der Waals surface area contributed by atoms with Crippen LogP contribution in [0.5, 0.6) is 0 Å². The molecule has 6 nitrogen and oxygen atoms in total. The van der Waals surface area contributed by atoms with Crippen molar-refractivity contribution in [2.24, 2.45) is 4.99 Å². The lowest BCUT2D eigenvalue weighted by atomic mass is 10.1. The number of halogens is 1. The number of nitrogens with zero attached hydrogens (tertiary/aromatic N) is 2. The lowest BCUT2D eigenvalue weighted by Crippen LogP contribution is -2.40. The predicted octanol–water partition coefficient (Wildman–Crippen LogP) is 2.77. The molecule has 1 atom stereocenters. The molecule has 3 rings (SSSR count). The lowest BCUT2D eigenvalue weighted by Gasteiger charge is -2.26. The minimum Gasteiger partial charge on any atom is -0.376 e. The van der Waals surface area contributed by atoms with Gasteiger partial charge in [-0.25, -0.2) is 0 Å². The van der Waals surface area contributed by atoms with Crippen LogP contribution in [0.25, 0.3) is 0 Å². The summed E-state index contributed by atoms with van der Waals surface area (Å²) in [4.78, 5) is 18.7. The van der Waals surface area contributed by atoms with Crippen LogP contribution in [0.3, 0.4) is 0 Å². The van der Waals surface area contributed by atoms with Crippen LogP contribution in [-0.4, -0.2) is 56.2 Å². The van der Waals surface area contributed by atoms with Crippen molar-refractivity contribution in [3.63, 3.8) is 0 Å². The van der Waals surface area contributed by atoms with Crippen molar-refractivity contribution in [3.8, 4) is 0 Å². The molecule has 2 aliphatic heterocycles. The standard InChI is InChI=1S/C20H30N4O2.HI/c1-21-20(23-15-18-6-5-13-26-18)22-14-16-7-9-17(10-8-16)19(25)24-11-3-2-4-12-24;/h7-10,18H,2-6,11-15H2,1H3,(H2,21,22,23);1H. The van der Waals surface area contributed by atoms with Gasteiger partial charge in [0.2, 0.25) is 0 Å². The Balaban J connectivity index is 0.00000261. The molecular formula is C20H31IN4O2. The number of amides is 1. The molecule has 2 saturated heterocycles. The molecule has 0 saturated carbocycles. The third-order valence-corrected chi connectivity index (χ3v) is 5.05. The largest absolute Gasteiger partial charge is 0.376 e. The van der Waals surface area contributed by atoms with Gasteiger partial charge in [0.1, 0.15) is 0 Å². The Morgan fingerprint density at radius 2 is 1.89 bits per heavy atom. The van der Waals surface area contributed by atoms with Gasteiger partial charge in [0.25, 0.3) is 5.91 Å². The van der Waals surface area contributed by atoms with Crippen LogP contribution in [0.1, 0.15) is 48.0 Å². The number of ether oxygens (including phenoxy) is 1. The number of carbonyl (C=O) groups is 1. The Morgan fingerprint density at radius 3 is 2.52 bits per heavy atom. The van der Waals surface area contributed by atoms with E-state index in [1.54, 1.807) is 7.05 Å². The van der Waals surface area contributed by atoms with Gasteiger partial charge in [-0.05, 0) is 49.8 Å². The van der Waals surface area contributed by atoms with Crippen LogP contribution < -0.4 is 10.6 Å². The van der Waals surface area contributed by atoms with Crippen molar-refractivity contribution in [1.82, 2.24) is 15.5 Å². The summed E-state index contributed by atoms with van der Waals surface area (Å²) < 4.78 is 5.61. The molecule has 1 aromatic rings. The number of guanidine groups is 1. The van der Waals surface area contributed by atoms with Gasteiger partial charge in [0.15, 0.2) is 5.96 Å². The average Bonchev–Trinajstić information content (AvgIpc) is 3.22. The summed E-state index contributed by atoms with van der Waals surface area (Å²) in [7, 11) is 1.77. The molecule has 1 amide bonds. The van der Waals surface area contributed by atoms with Crippen molar-refractivity contribution in [1.29, 1.82) is 0 Å². The van der Waals surface area contributed by atoms with E-state index >= 15 is 0 Å². The maximum absolute atomic E-state index is 12.5. The van der Waals surface area contributed by atoms with Gasteiger partial charge in [-0.2, -0.15) is 0 Å². The first-order chi connectivity index (χ1) is 12.8. The smallest absolute Gasteiger partial charge is 0.253 e. The highest BCUT2D eigenvalue weighted by atomic mass is 127. The second kappa shape index (κ2) is 11.5. The number of piperidine rings is 1. The van der Waals surface area contributed by atoms with E-state index in [-0.39, 0.29) is 36.0 Å². The molecule has 2 aliphatic rings. The molecule has 2 N–H and O–H groups in total. The molecule has 0 radical (unpaired) electrons. The second-order valence-electron chi connectivity index (χ2n) is 6.99. The van der Waals surface area contributed by atoms with Gasteiger partial charge in [0, 0.05) is 45.4 Å². The van der Waals surface area contributed by atoms with Gasteiger partial charge in [-0.1, -0.05) is 12.1 Å². The molecule has 150 valence electrons. The number of benzene rings is 1. The maximum atomic E-state index is 12.5. The van der Waals surface area contributed by atoms with E-state index in [0.717, 1.165) is 69.0 Å². The first-order valence-electron chi connectivity index (χ1n) is 9.70. The van der Waals surface area contributed by atoms with Crippen molar-refractivity contribution < 1.29 is 9.53 Å². The average molecular weight is 486 g/mol. The zero-order valence-corrected chi connectivity index (χ0v) is 18.4. The number of carbonyl (C=O) groups excluding carboxylic acids is 1. The SMILES string of the molecule is CN=C(NCc1ccc(C(=O)N2CCCCC2)cc1)NCC1CCCO1.I. The zero-order chi connectivity index (χ0) is 18.2. The quantitative estimate of drug-likeness (QED) is 0.382. The highest BCUT2D eigenvalue weighted by Gasteiger charge is 2.18. The van der Waals surface area contributed by atoms with Crippen LogP contribution in [0, 0.1) is 0 Å². The molecule has 2 fully saturated rings. The van der Waals surface area contributed by atoms with Crippen LogP contribution in [0.2, 0.25) is 0 Å². The minimum atomic E-state index is 0. The summed E-state index contributed by atoms with van der Waals surface area (Å²) in [6.07, 6.45) is 6.00. The molecule has 2 heterocycles. The van der Waals surface area contributed by atoms with Crippen molar-refractivity contribution in [3.05, 3.63) is 35.4 Å². The van der Waals surface area contributed by atoms with E-state index in [1.165, 1.54) is 6.42 Å². The topological polar surface area (TPSA) is 66.0 Å². The highest BCUT2D eigenvalue weighted by molar-refractivity contribution is 14.0. The van der Waals surface area contributed by atoms with Crippen LogP contribution in [0.4, 0.5) is 0 Å². The third kappa shape index (κ3) is 6.64. The van der Waals surface area contributed by atoms with Gasteiger partial charge < -0.3 is 20.3 Å². The van der Waals surface area contributed by atoms with Gasteiger partial charge >= 0.3 is 0 Å². The Kier molecular flexibility index (Phi) is 9.33. The monoisotopic (exact) mass is 486 g/mol. The fraction of sp³-hybridized carbons (Fsp3) is 0.600. The number of hydrogen-bond donors (Lipinski definition) is 2. The van der Waals surface area contributed by atoms with E-state index in [2.05, 4.69) is 15.6 Å². The highest BCUT2D eigenvalue weighted by Crippen LogP contribution is 2.14. The fourth-order valence-corrected chi connectivity index (χ4v) is 3.47. The van der Waals surface area contributed by atoms with E-state index in [4.69, 9.17) is 4.74 Å². The molecule has 1 unspecified atom stereocenters. The molecule has 0 aromatic heterocycles. The number of likely N-dealkylation sites (tertiary alicyclic amines) is 1. The van der Waals surface area contributed by atoms with E-state index in [1.807, 2.05) is 29.2 Å². The Hall–Kier alpha value is -1.35. The summed E-state index contributed by atoms with van der Waals surface area (Å²) in [5.41, 5.74) is 1.90. The molecule has 0 spiro atoms. The summed E-state index contributed by atoms with van der Waals surface area (Å²) in [6.45, 7) is 4.08. The second-order valence-corrected chi connectivity index (χ2v) is 6.99. The number of nitrogens with one attached hydrogen (secondary N) is 2.